The largest absolute Gasteiger partial charge is 0.382 e. The standard InChI is InChI=1S/C16H19N5O2/c1-10-18-12-6-4-5-11(15(12)19-10)16(22)20-13(9-23-3)14-7-8-17-21(14)2/h4-8,13H,9H2,1-3H3,(H,18,19)(H,20,22)/t13-/m0/s1. The molecule has 1 aromatic carbocycles. The van der Waals surface area contributed by atoms with Crippen LogP contribution in [0.4, 0.5) is 0 Å². The third-order valence-electron chi connectivity index (χ3n) is 3.73. The number of methoxy groups -OCH3 is 1. The van der Waals surface area contributed by atoms with Gasteiger partial charge in [-0.05, 0) is 25.1 Å². The van der Waals surface area contributed by atoms with Gasteiger partial charge < -0.3 is 15.0 Å². The first-order valence-corrected chi connectivity index (χ1v) is 7.33. The molecule has 1 amide bonds. The average molecular weight is 313 g/mol. The fourth-order valence-corrected chi connectivity index (χ4v) is 2.67. The number of para-hydroxylation sites is 1. The van der Waals surface area contributed by atoms with E-state index in [0.29, 0.717) is 17.7 Å². The van der Waals surface area contributed by atoms with Crippen LogP contribution in [0.3, 0.4) is 0 Å². The number of nitrogens with one attached hydrogen (secondary N) is 2. The minimum absolute atomic E-state index is 0.189. The SMILES string of the molecule is COC[C@H](NC(=O)c1cccc2[nH]c(C)nc12)c1ccnn1C. The Labute approximate surface area is 133 Å². The highest BCUT2D eigenvalue weighted by molar-refractivity contribution is 6.05. The van der Waals surface area contributed by atoms with Crippen LogP contribution < -0.4 is 5.32 Å². The lowest BCUT2D eigenvalue weighted by molar-refractivity contribution is 0.0894. The van der Waals surface area contributed by atoms with E-state index < -0.39 is 0 Å². The lowest BCUT2D eigenvalue weighted by Gasteiger charge is -2.18. The van der Waals surface area contributed by atoms with Crippen LogP contribution in [0, 0.1) is 6.92 Å². The molecule has 2 N–H and O–H groups in total. The molecular formula is C16H19N5O2. The van der Waals surface area contributed by atoms with Crippen molar-refractivity contribution in [1.82, 2.24) is 25.1 Å². The number of amides is 1. The van der Waals surface area contributed by atoms with Gasteiger partial charge in [0.05, 0.1) is 29.4 Å². The van der Waals surface area contributed by atoms with Gasteiger partial charge in [-0.2, -0.15) is 5.10 Å². The molecule has 7 nitrogen and oxygen atoms in total. The Morgan fingerprint density at radius 2 is 2.26 bits per heavy atom. The van der Waals surface area contributed by atoms with Crippen LogP contribution in [0.15, 0.2) is 30.5 Å². The van der Waals surface area contributed by atoms with Gasteiger partial charge >= 0.3 is 0 Å². The molecular weight excluding hydrogens is 294 g/mol. The van der Waals surface area contributed by atoms with Crippen LogP contribution in [0.5, 0.6) is 0 Å². The lowest BCUT2D eigenvalue weighted by Crippen LogP contribution is -2.32. The second-order valence-corrected chi connectivity index (χ2v) is 5.39. The summed E-state index contributed by atoms with van der Waals surface area (Å²) >= 11 is 0. The maximum absolute atomic E-state index is 12.7. The number of H-pyrrole nitrogens is 1. The van der Waals surface area contributed by atoms with E-state index in [2.05, 4.69) is 20.4 Å². The molecule has 2 heterocycles. The molecule has 0 unspecified atom stereocenters. The maximum Gasteiger partial charge on any atom is 0.254 e. The molecule has 0 spiro atoms. The minimum atomic E-state index is -0.282. The number of ether oxygens (including phenoxy) is 1. The first-order chi connectivity index (χ1) is 11.1. The van der Waals surface area contributed by atoms with Gasteiger partial charge in [-0.25, -0.2) is 4.98 Å². The number of aromatic amines is 1. The summed E-state index contributed by atoms with van der Waals surface area (Å²) in [4.78, 5) is 20.3. The molecule has 2 aromatic heterocycles. The molecule has 0 radical (unpaired) electrons. The quantitative estimate of drug-likeness (QED) is 0.751. The number of carbonyl (C=O) groups excluding carboxylic acids is 1. The van der Waals surface area contributed by atoms with Crippen molar-refractivity contribution in [3.05, 3.63) is 47.5 Å². The molecule has 3 rings (SSSR count). The van der Waals surface area contributed by atoms with Crippen LogP contribution in [0.25, 0.3) is 11.0 Å². The van der Waals surface area contributed by atoms with Gasteiger partial charge in [0.25, 0.3) is 5.91 Å². The van der Waals surface area contributed by atoms with Crippen LogP contribution >= 0.6 is 0 Å². The third kappa shape index (κ3) is 2.95. The number of hydrogen-bond acceptors (Lipinski definition) is 4. The molecule has 120 valence electrons. The van der Waals surface area contributed by atoms with Gasteiger partial charge in [0, 0.05) is 20.4 Å². The molecule has 0 bridgehead atoms. The van der Waals surface area contributed by atoms with Gasteiger partial charge in [-0.1, -0.05) is 6.07 Å². The van der Waals surface area contributed by atoms with E-state index >= 15 is 0 Å². The first kappa shape index (κ1) is 15.2. The van der Waals surface area contributed by atoms with Gasteiger partial charge in [-0.15, -0.1) is 0 Å². The van der Waals surface area contributed by atoms with Crippen LogP contribution in [-0.2, 0) is 11.8 Å². The monoisotopic (exact) mass is 313 g/mol. The molecule has 0 aliphatic rings. The summed E-state index contributed by atoms with van der Waals surface area (Å²) in [6.07, 6.45) is 1.70. The molecule has 3 aromatic rings. The Hall–Kier alpha value is -2.67. The zero-order chi connectivity index (χ0) is 16.4. The first-order valence-electron chi connectivity index (χ1n) is 7.33. The topological polar surface area (TPSA) is 84.8 Å². The fourth-order valence-electron chi connectivity index (χ4n) is 2.67. The van der Waals surface area contributed by atoms with Gasteiger partial charge in [0.15, 0.2) is 0 Å². The van der Waals surface area contributed by atoms with Crippen LogP contribution in [0.1, 0.15) is 27.9 Å². The van der Waals surface area contributed by atoms with Crippen molar-refractivity contribution >= 4 is 16.9 Å². The summed E-state index contributed by atoms with van der Waals surface area (Å²) in [5.41, 5.74) is 2.93. The van der Waals surface area contributed by atoms with E-state index in [1.165, 1.54) is 0 Å². The number of carbonyl (C=O) groups is 1. The molecule has 7 heteroatoms. The highest BCUT2D eigenvalue weighted by Crippen LogP contribution is 2.18. The lowest BCUT2D eigenvalue weighted by atomic mass is 10.1. The number of rotatable bonds is 5. The van der Waals surface area contributed by atoms with E-state index in [1.54, 1.807) is 24.1 Å². The zero-order valence-corrected chi connectivity index (χ0v) is 13.3. The van der Waals surface area contributed by atoms with E-state index in [4.69, 9.17) is 4.74 Å². The second-order valence-electron chi connectivity index (χ2n) is 5.39. The molecule has 1 atom stereocenters. The molecule has 0 saturated heterocycles. The van der Waals surface area contributed by atoms with Crippen molar-refractivity contribution in [2.24, 2.45) is 7.05 Å². The van der Waals surface area contributed by atoms with Crippen molar-refractivity contribution in [1.29, 1.82) is 0 Å². The maximum atomic E-state index is 12.7. The fraction of sp³-hybridized carbons (Fsp3) is 0.312. The number of imidazole rings is 1. The Bertz CT molecular complexity index is 836. The molecule has 0 aliphatic carbocycles. The molecule has 0 fully saturated rings. The zero-order valence-electron chi connectivity index (χ0n) is 13.3. The number of fused-ring (bicyclic) bond motifs is 1. The third-order valence-corrected chi connectivity index (χ3v) is 3.73. The van der Waals surface area contributed by atoms with Gasteiger partial charge in [0.2, 0.25) is 0 Å². The normalized spacial score (nSPS) is 12.5. The van der Waals surface area contributed by atoms with E-state index in [9.17, 15) is 4.79 Å². The van der Waals surface area contributed by atoms with E-state index in [-0.39, 0.29) is 11.9 Å². The number of aryl methyl sites for hydroxylation is 2. The summed E-state index contributed by atoms with van der Waals surface area (Å²) in [5, 5.41) is 7.15. The summed E-state index contributed by atoms with van der Waals surface area (Å²) in [6.45, 7) is 2.23. The van der Waals surface area contributed by atoms with Crippen molar-refractivity contribution < 1.29 is 9.53 Å². The van der Waals surface area contributed by atoms with E-state index in [1.807, 2.05) is 32.2 Å². The van der Waals surface area contributed by atoms with Crippen LogP contribution in [-0.4, -0.2) is 39.4 Å². The van der Waals surface area contributed by atoms with Crippen molar-refractivity contribution in [3.63, 3.8) is 0 Å². The Morgan fingerprint density at radius 1 is 1.43 bits per heavy atom. The highest BCUT2D eigenvalue weighted by atomic mass is 16.5. The van der Waals surface area contributed by atoms with Gasteiger partial charge in [-0.3, -0.25) is 9.48 Å². The summed E-state index contributed by atoms with van der Waals surface area (Å²) < 4.78 is 6.96. The molecule has 0 saturated carbocycles. The smallest absolute Gasteiger partial charge is 0.254 e. The van der Waals surface area contributed by atoms with Crippen LogP contribution in [0.2, 0.25) is 0 Å². The average Bonchev–Trinajstić information content (AvgIpc) is 3.10. The Morgan fingerprint density at radius 3 is 2.96 bits per heavy atom. The van der Waals surface area contributed by atoms with Crippen molar-refractivity contribution in [2.75, 3.05) is 13.7 Å². The Balaban J connectivity index is 1.90. The Kier molecular flexibility index (Phi) is 4.12. The number of aromatic nitrogens is 4. The number of nitrogens with zero attached hydrogens (tertiary/aromatic N) is 3. The predicted molar refractivity (Wildman–Crippen MR) is 86.1 cm³/mol. The summed E-state index contributed by atoms with van der Waals surface area (Å²) in [6, 6.07) is 7.09. The summed E-state index contributed by atoms with van der Waals surface area (Å²) in [5.74, 6) is 0.589. The van der Waals surface area contributed by atoms with Gasteiger partial charge in [0.1, 0.15) is 11.3 Å². The highest BCUT2D eigenvalue weighted by Gasteiger charge is 2.20. The summed E-state index contributed by atoms with van der Waals surface area (Å²) in [7, 11) is 3.44. The number of benzene rings is 1. The second kappa shape index (κ2) is 6.21. The molecule has 0 aliphatic heterocycles. The van der Waals surface area contributed by atoms with Crippen molar-refractivity contribution in [2.45, 2.75) is 13.0 Å². The molecule has 23 heavy (non-hydrogen) atoms. The van der Waals surface area contributed by atoms with E-state index in [0.717, 1.165) is 17.0 Å². The number of hydrogen-bond donors (Lipinski definition) is 2. The predicted octanol–water partition coefficient (Wildman–Crippen LogP) is 1.72. The minimum Gasteiger partial charge on any atom is -0.382 e. The van der Waals surface area contributed by atoms with Crippen molar-refractivity contribution in [3.8, 4) is 0 Å².